The molecule has 0 radical (unpaired) electrons. The molecule has 6 heteroatoms. The Balaban J connectivity index is 1.28. The SMILES string of the molecule is c1ccc(-c2nc(-c3ccccc3)nc(-n3c4ccccc4c4cc5c(cc43)c3ccc4c6ccccc6oc4c3n5-c3ccccc3)n2)cc1. The van der Waals surface area contributed by atoms with Crippen molar-refractivity contribution in [1.29, 1.82) is 0 Å². The normalized spacial score (nSPS) is 11.9. The molecule has 0 amide bonds. The van der Waals surface area contributed by atoms with Gasteiger partial charge in [-0.3, -0.25) is 4.57 Å². The Morgan fingerprint density at radius 2 is 0.941 bits per heavy atom. The first-order valence-electron chi connectivity index (χ1n) is 17.0. The van der Waals surface area contributed by atoms with E-state index in [1.807, 2.05) is 72.8 Å². The molecule has 7 aromatic carbocycles. The Labute approximate surface area is 291 Å². The van der Waals surface area contributed by atoms with Gasteiger partial charge in [-0.2, -0.15) is 9.97 Å². The summed E-state index contributed by atoms with van der Waals surface area (Å²) in [5.74, 6) is 1.82. The topological polar surface area (TPSA) is 61.7 Å². The zero-order chi connectivity index (χ0) is 33.5. The molecule has 238 valence electrons. The number of furan rings is 1. The maximum atomic E-state index is 6.66. The molecule has 0 aliphatic rings. The second kappa shape index (κ2) is 10.7. The van der Waals surface area contributed by atoms with Gasteiger partial charge in [0.2, 0.25) is 5.95 Å². The minimum Gasteiger partial charge on any atom is -0.454 e. The molecule has 4 heterocycles. The van der Waals surface area contributed by atoms with E-state index in [-0.39, 0.29) is 0 Å². The molecule has 0 N–H and O–H groups in total. The summed E-state index contributed by atoms with van der Waals surface area (Å²) >= 11 is 0. The molecule has 11 rings (SSSR count). The maximum Gasteiger partial charge on any atom is 0.238 e. The second-order valence-corrected chi connectivity index (χ2v) is 12.9. The number of aromatic nitrogens is 5. The molecular formula is C45H27N5O. The number of benzene rings is 7. The van der Waals surface area contributed by atoms with Crippen LogP contribution in [0.4, 0.5) is 0 Å². The first kappa shape index (κ1) is 27.9. The number of hydrogen-bond donors (Lipinski definition) is 0. The number of rotatable bonds is 4. The molecule has 0 aliphatic carbocycles. The molecule has 0 bridgehead atoms. The summed E-state index contributed by atoms with van der Waals surface area (Å²) in [6.45, 7) is 0. The van der Waals surface area contributed by atoms with Gasteiger partial charge >= 0.3 is 0 Å². The van der Waals surface area contributed by atoms with Crippen LogP contribution in [0.15, 0.2) is 168 Å². The zero-order valence-corrected chi connectivity index (χ0v) is 27.2. The highest BCUT2D eigenvalue weighted by atomic mass is 16.3. The van der Waals surface area contributed by atoms with E-state index in [2.05, 4.69) is 100 Å². The van der Waals surface area contributed by atoms with Crippen LogP contribution < -0.4 is 0 Å². The molecular weight excluding hydrogens is 627 g/mol. The van der Waals surface area contributed by atoms with E-state index >= 15 is 0 Å². The van der Waals surface area contributed by atoms with E-state index in [1.54, 1.807) is 0 Å². The van der Waals surface area contributed by atoms with Gasteiger partial charge in [0, 0.05) is 49.1 Å². The van der Waals surface area contributed by atoms with Gasteiger partial charge in [0.15, 0.2) is 17.2 Å². The third-order valence-electron chi connectivity index (χ3n) is 9.97. The molecule has 4 aromatic heterocycles. The summed E-state index contributed by atoms with van der Waals surface area (Å²) in [5, 5.41) is 6.68. The highest BCUT2D eigenvalue weighted by Crippen LogP contribution is 2.43. The lowest BCUT2D eigenvalue weighted by Crippen LogP contribution is -2.06. The number of para-hydroxylation sites is 3. The van der Waals surface area contributed by atoms with E-state index in [4.69, 9.17) is 19.4 Å². The molecule has 0 unspecified atom stereocenters. The first-order chi connectivity index (χ1) is 25.3. The van der Waals surface area contributed by atoms with Crippen molar-refractivity contribution in [2.45, 2.75) is 0 Å². The maximum absolute atomic E-state index is 6.66. The largest absolute Gasteiger partial charge is 0.454 e. The lowest BCUT2D eigenvalue weighted by atomic mass is 10.1. The quantitative estimate of drug-likeness (QED) is 0.190. The van der Waals surface area contributed by atoms with Gasteiger partial charge < -0.3 is 8.98 Å². The van der Waals surface area contributed by atoms with Gasteiger partial charge in [-0.1, -0.05) is 121 Å². The van der Waals surface area contributed by atoms with Crippen LogP contribution in [0.1, 0.15) is 0 Å². The van der Waals surface area contributed by atoms with Crippen molar-refractivity contribution in [2.75, 3.05) is 0 Å². The number of fused-ring (bicyclic) bond motifs is 10. The summed E-state index contributed by atoms with van der Waals surface area (Å²) in [4.78, 5) is 15.3. The lowest BCUT2D eigenvalue weighted by Gasteiger charge is -2.11. The summed E-state index contributed by atoms with van der Waals surface area (Å²) in [5.41, 5.74) is 8.89. The Morgan fingerprint density at radius 3 is 1.65 bits per heavy atom. The van der Waals surface area contributed by atoms with Crippen LogP contribution in [0.3, 0.4) is 0 Å². The fourth-order valence-corrected chi connectivity index (χ4v) is 7.70. The zero-order valence-electron chi connectivity index (χ0n) is 27.2. The van der Waals surface area contributed by atoms with Crippen LogP contribution in [0.2, 0.25) is 0 Å². The van der Waals surface area contributed by atoms with Gasteiger partial charge in [-0.15, -0.1) is 0 Å². The number of hydrogen-bond acceptors (Lipinski definition) is 4. The highest BCUT2D eigenvalue weighted by Gasteiger charge is 2.23. The van der Waals surface area contributed by atoms with Crippen molar-refractivity contribution in [3.8, 4) is 34.4 Å². The molecule has 0 saturated carbocycles. The summed E-state index contributed by atoms with van der Waals surface area (Å²) in [6.07, 6.45) is 0. The van der Waals surface area contributed by atoms with Crippen LogP contribution in [0, 0.1) is 0 Å². The second-order valence-electron chi connectivity index (χ2n) is 12.9. The molecule has 51 heavy (non-hydrogen) atoms. The standard InChI is InChI=1S/C45H27N5O/c1-4-14-28(15-5-1)43-46-44(29-16-6-2-7-17-29)48-45(47-43)50-37-22-12-10-20-31(37)35-26-38-36(27-39(35)50)33-24-25-34-32-21-11-13-23-40(32)51-42(34)41(33)49(38)30-18-8-3-9-19-30/h1-27H. The van der Waals surface area contributed by atoms with Crippen LogP contribution in [0.25, 0.3) is 100.0 Å². The average molecular weight is 654 g/mol. The fraction of sp³-hybridized carbons (Fsp3) is 0. The fourth-order valence-electron chi connectivity index (χ4n) is 7.70. The molecule has 11 aromatic rings. The summed E-state index contributed by atoms with van der Waals surface area (Å²) in [7, 11) is 0. The Hall–Kier alpha value is -7.05. The van der Waals surface area contributed by atoms with Crippen molar-refractivity contribution < 1.29 is 4.42 Å². The van der Waals surface area contributed by atoms with Gasteiger partial charge in [0.1, 0.15) is 5.58 Å². The van der Waals surface area contributed by atoms with Crippen molar-refractivity contribution in [2.24, 2.45) is 0 Å². The highest BCUT2D eigenvalue weighted by molar-refractivity contribution is 6.24. The van der Waals surface area contributed by atoms with E-state index in [1.165, 1.54) is 0 Å². The molecule has 0 atom stereocenters. The van der Waals surface area contributed by atoms with Gasteiger partial charge in [-0.25, -0.2) is 4.98 Å². The third-order valence-corrected chi connectivity index (χ3v) is 9.97. The minimum atomic E-state index is 0.569. The number of nitrogens with zero attached hydrogens (tertiary/aromatic N) is 5. The minimum absolute atomic E-state index is 0.569. The molecule has 0 saturated heterocycles. The predicted octanol–water partition coefficient (Wildman–Crippen LogP) is 11.3. The Bertz CT molecular complexity index is 3060. The van der Waals surface area contributed by atoms with Gasteiger partial charge in [0.05, 0.1) is 22.1 Å². The molecule has 0 spiro atoms. The van der Waals surface area contributed by atoms with Crippen LogP contribution in [-0.2, 0) is 0 Å². The van der Waals surface area contributed by atoms with Crippen LogP contribution >= 0.6 is 0 Å². The third kappa shape index (κ3) is 4.14. The van der Waals surface area contributed by atoms with Crippen molar-refractivity contribution in [3.63, 3.8) is 0 Å². The van der Waals surface area contributed by atoms with Gasteiger partial charge in [0.25, 0.3) is 0 Å². The van der Waals surface area contributed by atoms with E-state index in [0.29, 0.717) is 17.6 Å². The monoisotopic (exact) mass is 653 g/mol. The van der Waals surface area contributed by atoms with Gasteiger partial charge in [-0.05, 0) is 42.5 Å². The Morgan fingerprint density at radius 1 is 0.392 bits per heavy atom. The van der Waals surface area contributed by atoms with E-state index < -0.39 is 0 Å². The van der Waals surface area contributed by atoms with E-state index in [9.17, 15) is 0 Å². The molecule has 6 nitrogen and oxygen atoms in total. The smallest absolute Gasteiger partial charge is 0.238 e. The summed E-state index contributed by atoms with van der Waals surface area (Å²) in [6, 6.07) is 56.6. The van der Waals surface area contributed by atoms with Crippen molar-refractivity contribution >= 4 is 65.6 Å². The van der Waals surface area contributed by atoms with Crippen molar-refractivity contribution in [1.82, 2.24) is 24.1 Å². The first-order valence-corrected chi connectivity index (χ1v) is 17.0. The van der Waals surface area contributed by atoms with Crippen LogP contribution in [-0.4, -0.2) is 24.1 Å². The van der Waals surface area contributed by atoms with E-state index in [0.717, 1.165) is 82.4 Å². The Kier molecular flexibility index (Phi) is 5.86. The average Bonchev–Trinajstić information content (AvgIpc) is 3.85. The predicted molar refractivity (Wildman–Crippen MR) is 207 cm³/mol. The lowest BCUT2D eigenvalue weighted by molar-refractivity contribution is 0.671. The van der Waals surface area contributed by atoms with Crippen molar-refractivity contribution in [3.05, 3.63) is 164 Å². The van der Waals surface area contributed by atoms with Crippen LogP contribution in [0.5, 0.6) is 0 Å². The molecule has 0 aliphatic heterocycles. The summed E-state index contributed by atoms with van der Waals surface area (Å²) < 4.78 is 11.2. The molecule has 0 fully saturated rings.